The molecule has 1 aromatic heterocycles. The molecule has 1 aliphatic rings. The van der Waals surface area contributed by atoms with Crippen LogP contribution >= 0.6 is 11.3 Å². The van der Waals surface area contributed by atoms with E-state index in [-0.39, 0.29) is 23.5 Å². The number of nitrogen functional groups attached to an aromatic ring is 1. The zero-order chi connectivity index (χ0) is 14.2. The smallest absolute Gasteiger partial charge is 0.393 e. The SMILES string of the molecule is NC(=O)c1sc(N2CCCC(C(F)(F)F)C2)cc1N. The second-order valence-corrected chi connectivity index (χ2v) is 5.59. The molecule has 1 fully saturated rings. The summed E-state index contributed by atoms with van der Waals surface area (Å²) in [4.78, 5) is 12.9. The lowest BCUT2D eigenvalue weighted by molar-refractivity contribution is -0.175. The predicted molar refractivity (Wildman–Crippen MR) is 68.2 cm³/mol. The van der Waals surface area contributed by atoms with Gasteiger partial charge in [-0.05, 0) is 18.9 Å². The van der Waals surface area contributed by atoms with Crippen LogP contribution in [0.5, 0.6) is 0 Å². The molecule has 0 saturated carbocycles. The van der Waals surface area contributed by atoms with Crippen LogP contribution in [0, 0.1) is 5.92 Å². The fourth-order valence-corrected chi connectivity index (χ4v) is 3.15. The molecule has 1 aromatic rings. The minimum Gasteiger partial charge on any atom is -0.397 e. The highest BCUT2D eigenvalue weighted by Gasteiger charge is 2.42. The van der Waals surface area contributed by atoms with Gasteiger partial charge < -0.3 is 16.4 Å². The number of carbonyl (C=O) groups is 1. The largest absolute Gasteiger partial charge is 0.397 e. The van der Waals surface area contributed by atoms with Crippen molar-refractivity contribution in [1.29, 1.82) is 0 Å². The molecule has 8 heteroatoms. The maximum Gasteiger partial charge on any atom is 0.393 e. The van der Waals surface area contributed by atoms with Gasteiger partial charge in [-0.15, -0.1) is 11.3 Å². The lowest BCUT2D eigenvalue weighted by Gasteiger charge is -2.34. The third-order valence-corrected chi connectivity index (χ3v) is 4.39. The quantitative estimate of drug-likeness (QED) is 0.878. The Balaban J connectivity index is 2.18. The van der Waals surface area contributed by atoms with Crippen molar-refractivity contribution in [3.63, 3.8) is 0 Å². The standard InChI is InChI=1S/C11H14F3N3OS/c12-11(13,14)6-2-1-3-17(5-6)8-4-7(15)9(19-8)10(16)18/h4,6H,1-3,5,15H2,(H2,16,18). The summed E-state index contributed by atoms with van der Waals surface area (Å²) in [6, 6.07) is 1.52. The second kappa shape index (κ2) is 4.92. The number of halogens is 3. The van der Waals surface area contributed by atoms with E-state index >= 15 is 0 Å². The molecule has 1 amide bonds. The Morgan fingerprint density at radius 3 is 2.68 bits per heavy atom. The highest BCUT2D eigenvalue weighted by molar-refractivity contribution is 7.18. The number of primary amides is 1. The molecule has 2 rings (SSSR count). The molecule has 1 atom stereocenters. The van der Waals surface area contributed by atoms with E-state index in [1.54, 1.807) is 4.90 Å². The van der Waals surface area contributed by atoms with E-state index in [0.29, 0.717) is 18.0 Å². The van der Waals surface area contributed by atoms with Crippen LogP contribution in [-0.2, 0) is 0 Å². The first-order valence-corrected chi connectivity index (χ1v) is 6.61. The van der Waals surface area contributed by atoms with Crippen LogP contribution in [0.1, 0.15) is 22.5 Å². The van der Waals surface area contributed by atoms with Gasteiger partial charge in [0.15, 0.2) is 0 Å². The van der Waals surface area contributed by atoms with Gasteiger partial charge in [0.05, 0.1) is 16.6 Å². The fourth-order valence-electron chi connectivity index (χ4n) is 2.18. The lowest BCUT2D eigenvalue weighted by Crippen LogP contribution is -2.41. The summed E-state index contributed by atoms with van der Waals surface area (Å²) in [5.41, 5.74) is 11.0. The fraction of sp³-hybridized carbons (Fsp3) is 0.545. The molecular formula is C11H14F3N3OS. The maximum atomic E-state index is 12.7. The monoisotopic (exact) mass is 293 g/mol. The van der Waals surface area contributed by atoms with E-state index in [0.717, 1.165) is 11.3 Å². The Kier molecular flexibility index (Phi) is 3.62. The van der Waals surface area contributed by atoms with Crippen LogP contribution in [0.3, 0.4) is 0 Å². The van der Waals surface area contributed by atoms with Crippen LogP contribution in [0.4, 0.5) is 23.9 Å². The van der Waals surface area contributed by atoms with Crippen molar-refractivity contribution < 1.29 is 18.0 Å². The van der Waals surface area contributed by atoms with Gasteiger partial charge in [-0.25, -0.2) is 0 Å². The molecule has 0 aliphatic carbocycles. The number of thiophene rings is 1. The first-order valence-electron chi connectivity index (χ1n) is 5.80. The lowest BCUT2D eigenvalue weighted by atomic mass is 9.98. The number of amides is 1. The van der Waals surface area contributed by atoms with Crippen molar-refractivity contribution >= 4 is 27.9 Å². The number of hydrogen-bond acceptors (Lipinski definition) is 4. The zero-order valence-electron chi connectivity index (χ0n) is 10.0. The molecule has 19 heavy (non-hydrogen) atoms. The molecule has 4 N–H and O–H groups in total. The topological polar surface area (TPSA) is 72.4 Å². The summed E-state index contributed by atoms with van der Waals surface area (Å²) in [6.07, 6.45) is -3.58. The van der Waals surface area contributed by atoms with E-state index in [1.165, 1.54) is 6.07 Å². The van der Waals surface area contributed by atoms with Crippen LogP contribution in [0.15, 0.2) is 6.07 Å². The molecular weight excluding hydrogens is 279 g/mol. The van der Waals surface area contributed by atoms with Crippen molar-refractivity contribution in [2.45, 2.75) is 19.0 Å². The average molecular weight is 293 g/mol. The number of rotatable bonds is 2. The van der Waals surface area contributed by atoms with Gasteiger partial charge in [0.25, 0.3) is 5.91 Å². The van der Waals surface area contributed by atoms with E-state index in [4.69, 9.17) is 11.5 Å². The first kappa shape index (κ1) is 14.0. The van der Waals surface area contributed by atoms with Crippen molar-refractivity contribution in [3.05, 3.63) is 10.9 Å². The number of anilines is 2. The van der Waals surface area contributed by atoms with Gasteiger partial charge >= 0.3 is 6.18 Å². The summed E-state index contributed by atoms with van der Waals surface area (Å²) in [5, 5.41) is 0.570. The third kappa shape index (κ3) is 2.94. The molecule has 4 nitrogen and oxygen atoms in total. The number of alkyl halides is 3. The summed E-state index contributed by atoms with van der Waals surface area (Å²) < 4.78 is 38.2. The normalized spacial score (nSPS) is 20.6. The van der Waals surface area contributed by atoms with Gasteiger partial charge in [-0.2, -0.15) is 13.2 Å². The molecule has 0 bridgehead atoms. The van der Waals surface area contributed by atoms with Crippen LogP contribution in [0.25, 0.3) is 0 Å². The van der Waals surface area contributed by atoms with Crippen LogP contribution < -0.4 is 16.4 Å². The molecule has 0 spiro atoms. The van der Waals surface area contributed by atoms with Crippen molar-refractivity contribution in [3.8, 4) is 0 Å². The van der Waals surface area contributed by atoms with Crippen molar-refractivity contribution in [1.82, 2.24) is 0 Å². The molecule has 0 radical (unpaired) electrons. The molecule has 0 aromatic carbocycles. The Morgan fingerprint density at radius 2 is 2.16 bits per heavy atom. The van der Waals surface area contributed by atoms with Crippen molar-refractivity contribution in [2.24, 2.45) is 11.7 Å². The van der Waals surface area contributed by atoms with E-state index in [2.05, 4.69) is 0 Å². The Hall–Kier alpha value is -1.44. The molecule has 1 saturated heterocycles. The van der Waals surface area contributed by atoms with E-state index in [1.807, 2.05) is 0 Å². The van der Waals surface area contributed by atoms with Crippen LogP contribution in [-0.4, -0.2) is 25.2 Å². The summed E-state index contributed by atoms with van der Waals surface area (Å²) >= 11 is 1.05. The van der Waals surface area contributed by atoms with E-state index < -0.39 is 18.0 Å². The highest BCUT2D eigenvalue weighted by Crippen LogP contribution is 2.38. The van der Waals surface area contributed by atoms with Crippen LogP contribution in [0.2, 0.25) is 0 Å². The minimum atomic E-state index is -4.19. The number of piperidine rings is 1. The summed E-state index contributed by atoms with van der Waals surface area (Å²) in [7, 11) is 0. The van der Waals surface area contributed by atoms with E-state index in [9.17, 15) is 18.0 Å². The van der Waals surface area contributed by atoms with Gasteiger partial charge in [-0.1, -0.05) is 0 Å². The molecule has 106 valence electrons. The molecule has 1 unspecified atom stereocenters. The van der Waals surface area contributed by atoms with Gasteiger partial charge in [0, 0.05) is 13.1 Å². The summed E-state index contributed by atoms with van der Waals surface area (Å²) in [6.45, 7) is 0.437. The summed E-state index contributed by atoms with van der Waals surface area (Å²) in [5.74, 6) is -1.99. The predicted octanol–water partition coefficient (Wildman–Crippen LogP) is 2.21. The Morgan fingerprint density at radius 1 is 1.47 bits per heavy atom. The average Bonchev–Trinajstić information content (AvgIpc) is 2.70. The zero-order valence-corrected chi connectivity index (χ0v) is 10.9. The van der Waals surface area contributed by atoms with Gasteiger partial charge in [0.1, 0.15) is 4.88 Å². The molecule has 1 aliphatic heterocycles. The number of hydrogen-bond donors (Lipinski definition) is 2. The van der Waals surface area contributed by atoms with Gasteiger partial charge in [-0.3, -0.25) is 4.79 Å². The number of nitrogens with zero attached hydrogens (tertiary/aromatic N) is 1. The Bertz CT molecular complexity index is 486. The third-order valence-electron chi connectivity index (χ3n) is 3.17. The minimum absolute atomic E-state index is 0.0956. The Labute approximate surface area is 112 Å². The maximum absolute atomic E-state index is 12.7. The first-order chi connectivity index (χ1) is 8.79. The molecule has 2 heterocycles. The second-order valence-electron chi connectivity index (χ2n) is 4.56. The van der Waals surface area contributed by atoms with Crippen molar-refractivity contribution in [2.75, 3.05) is 23.7 Å². The number of carbonyl (C=O) groups excluding carboxylic acids is 1. The number of nitrogens with two attached hydrogens (primary N) is 2. The highest BCUT2D eigenvalue weighted by atomic mass is 32.1. The van der Waals surface area contributed by atoms with Gasteiger partial charge in [0.2, 0.25) is 0 Å².